The van der Waals surface area contributed by atoms with E-state index in [1.807, 2.05) is 13.8 Å². The van der Waals surface area contributed by atoms with E-state index in [2.05, 4.69) is 21.0 Å². The summed E-state index contributed by atoms with van der Waals surface area (Å²) < 4.78 is 0. The van der Waals surface area contributed by atoms with E-state index < -0.39 is 0 Å². The molecule has 0 aliphatic heterocycles. The standard InChI is InChI=1S/C9H8N4/c1-5-6(2)13-9-8(12-5)7(3-10)4-11-9/h4H,1-2H3,(H,11,13). The van der Waals surface area contributed by atoms with Gasteiger partial charge < -0.3 is 4.98 Å². The molecule has 0 fully saturated rings. The van der Waals surface area contributed by atoms with Gasteiger partial charge in [-0.1, -0.05) is 0 Å². The van der Waals surface area contributed by atoms with E-state index in [1.165, 1.54) is 0 Å². The second kappa shape index (κ2) is 2.56. The lowest BCUT2D eigenvalue weighted by Gasteiger charge is -1.96. The van der Waals surface area contributed by atoms with Crippen molar-refractivity contribution in [2.75, 3.05) is 0 Å². The molecule has 4 heteroatoms. The molecular weight excluding hydrogens is 164 g/mol. The number of H-pyrrole nitrogens is 1. The fourth-order valence-electron chi connectivity index (χ4n) is 1.19. The minimum atomic E-state index is 0.547. The highest BCUT2D eigenvalue weighted by molar-refractivity contribution is 5.78. The Morgan fingerprint density at radius 1 is 1.31 bits per heavy atom. The SMILES string of the molecule is Cc1nc2[nH]cc(C#N)c2nc1C. The van der Waals surface area contributed by atoms with Crippen molar-refractivity contribution in [2.24, 2.45) is 0 Å². The van der Waals surface area contributed by atoms with Crippen LogP contribution >= 0.6 is 0 Å². The minimum Gasteiger partial charge on any atom is -0.343 e. The molecule has 0 amide bonds. The third kappa shape index (κ3) is 1.05. The molecule has 2 aromatic rings. The van der Waals surface area contributed by atoms with Crippen molar-refractivity contribution in [3.63, 3.8) is 0 Å². The van der Waals surface area contributed by atoms with Crippen molar-refractivity contribution in [2.45, 2.75) is 13.8 Å². The zero-order valence-corrected chi connectivity index (χ0v) is 7.42. The van der Waals surface area contributed by atoms with Gasteiger partial charge in [-0.25, -0.2) is 9.97 Å². The Morgan fingerprint density at radius 2 is 2.00 bits per heavy atom. The molecule has 2 heterocycles. The highest BCUT2D eigenvalue weighted by Gasteiger charge is 2.07. The average molecular weight is 172 g/mol. The number of hydrogen-bond donors (Lipinski definition) is 1. The Bertz CT molecular complexity index is 504. The molecule has 0 radical (unpaired) electrons. The third-order valence-electron chi connectivity index (χ3n) is 2.04. The smallest absolute Gasteiger partial charge is 0.157 e. The fourth-order valence-corrected chi connectivity index (χ4v) is 1.19. The first-order chi connectivity index (χ1) is 6.22. The lowest BCUT2D eigenvalue weighted by molar-refractivity contribution is 1.09. The number of nitrogens with zero attached hydrogens (tertiary/aromatic N) is 3. The number of rotatable bonds is 0. The molecule has 0 spiro atoms. The first-order valence-electron chi connectivity index (χ1n) is 3.95. The largest absolute Gasteiger partial charge is 0.343 e. The van der Waals surface area contributed by atoms with E-state index in [4.69, 9.17) is 5.26 Å². The monoisotopic (exact) mass is 172 g/mol. The van der Waals surface area contributed by atoms with Gasteiger partial charge in [0.15, 0.2) is 5.65 Å². The van der Waals surface area contributed by atoms with Crippen molar-refractivity contribution in [3.05, 3.63) is 23.1 Å². The van der Waals surface area contributed by atoms with E-state index in [9.17, 15) is 0 Å². The molecule has 0 bridgehead atoms. The highest BCUT2D eigenvalue weighted by atomic mass is 14.9. The number of fused-ring (bicyclic) bond motifs is 1. The Kier molecular flexibility index (Phi) is 1.52. The lowest BCUT2D eigenvalue weighted by Crippen LogP contribution is -1.92. The number of aryl methyl sites for hydroxylation is 2. The van der Waals surface area contributed by atoms with Crippen LogP contribution in [0.5, 0.6) is 0 Å². The van der Waals surface area contributed by atoms with Crippen LogP contribution in [0.3, 0.4) is 0 Å². The normalized spacial score (nSPS) is 10.2. The Labute approximate surface area is 75.2 Å². The molecule has 1 N–H and O–H groups in total. The second-order valence-electron chi connectivity index (χ2n) is 2.91. The summed E-state index contributed by atoms with van der Waals surface area (Å²) in [6.07, 6.45) is 1.63. The maximum atomic E-state index is 8.75. The molecule has 0 aliphatic carbocycles. The Balaban J connectivity index is 2.86. The van der Waals surface area contributed by atoms with Crippen molar-refractivity contribution in [3.8, 4) is 6.07 Å². The van der Waals surface area contributed by atoms with Crippen molar-refractivity contribution < 1.29 is 0 Å². The molecule has 2 rings (SSSR count). The molecule has 0 unspecified atom stereocenters. The van der Waals surface area contributed by atoms with Crippen LogP contribution in [0, 0.1) is 25.2 Å². The van der Waals surface area contributed by atoms with Crippen molar-refractivity contribution in [1.29, 1.82) is 5.26 Å². The van der Waals surface area contributed by atoms with E-state index >= 15 is 0 Å². The first kappa shape index (κ1) is 7.74. The summed E-state index contributed by atoms with van der Waals surface area (Å²) in [4.78, 5) is 11.5. The van der Waals surface area contributed by atoms with Gasteiger partial charge in [0.1, 0.15) is 11.6 Å². The maximum absolute atomic E-state index is 8.75. The molecule has 0 aromatic carbocycles. The Morgan fingerprint density at radius 3 is 2.69 bits per heavy atom. The second-order valence-corrected chi connectivity index (χ2v) is 2.91. The molecular formula is C9H8N4. The van der Waals surface area contributed by atoms with E-state index in [0.29, 0.717) is 16.7 Å². The van der Waals surface area contributed by atoms with Gasteiger partial charge in [0, 0.05) is 6.20 Å². The van der Waals surface area contributed by atoms with Crippen LogP contribution in [-0.2, 0) is 0 Å². The van der Waals surface area contributed by atoms with E-state index in [1.54, 1.807) is 6.20 Å². The van der Waals surface area contributed by atoms with Crippen molar-refractivity contribution >= 4 is 11.2 Å². The topological polar surface area (TPSA) is 65.4 Å². The summed E-state index contributed by atoms with van der Waals surface area (Å²) >= 11 is 0. The number of hydrogen-bond acceptors (Lipinski definition) is 3. The Hall–Kier alpha value is -1.89. The minimum absolute atomic E-state index is 0.547. The zero-order valence-electron chi connectivity index (χ0n) is 7.42. The molecule has 0 aliphatic rings. The van der Waals surface area contributed by atoms with E-state index in [0.717, 1.165) is 11.4 Å². The summed E-state index contributed by atoms with van der Waals surface area (Å²) in [5.41, 5.74) is 3.64. The maximum Gasteiger partial charge on any atom is 0.157 e. The van der Waals surface area contributed by atoms with Crippen LogP contribution in [0.1, 0.15) is 17.0 Å². The van der Waals surface area contributed by atoms with Crippen molar-refractivity contribution in [1.82, 2.24) is 15.0 Å². The summed E-state index contributed by atoms with van der Waals surface area (Å²) in [7, 11) is 0. The van der Waals surface area contributed by atoms with Gasteiger partial charge in [-0.05, 0) is 13.8 Å². The number of nitriles is 1. The number of nitrogens with one attached hydrogen (secondary N) is 1. The summed E-state index contributed by atoms with van der Waals surface area (Å²) in [6.45, 7) is 3.78. The fraction of sp³-hybridized carbons (Fsp3) is 0.222. The van der Waals surface area contributed by atoms with Crippen LogP contribution in [-0.4, -0.2) is 15.0 Å². The van der Waals surface area contributed by atoms with Gasteiger partial charge in [0.25, 0.3) is 0 Å². The van der Waals surface area contributed by atoms with Gasteiger partial charge in [0.05, 0.1) is 17.0 Å². The predicted molar refractivity (Wildman–Crippen MR) is 48.1 cm³/mol. The molecule has 2 aromatic heterocycles. The van der Waals surface area contributed by atoms with Crippen LogP contribution in [0.15, 0.2) is 6.20 Å². The summed E-state index contributed by atoms with van der Waals surface area (Å²) in [6, 6.07) is 2.06. The van der Waals surface area contributed by atoms with Gasteiger partial charge >= 0.3 is 0 Å². The van der Waals surface area contributed by atoms with Crippen LogP contribution in [0.2, 0.25) is 0 Å². The predicted octanol–water partition coefficient (Wildman–Crippen LogP) is 1.45. The third-order valence-corrected chi connectivity index (χ3v) is 2.04. The van der Waals surface area contributed by atoms with Gasteiger partial charge in [0.2, 0.25) is 0 Å². The van der Waals surface area contributed by atoms with Gasteiger partial charge in [-0.3, -0.25) is 0 Å². The van der Waals surface area contributed by atoms with Crippen LogP contribution in [0.4, 0.5) is 0 Å². The summed E-state index contributed by atoms with van der Waals surface area (Å²) in [5, 5.41) is 8.75. The molecule has 0 saturated carbocycles. The van der Waals surface area contributed by atoms with Crippen LogP contribution < -0.4 is 0 Å². The summed E-state index contributed by atoms with van der Waals surface area (Å²) in [5.74, 6) is 0. The van der Waals surface area contributed by atoms with Gasteiger partial charge in [-0.15, -0.1) is 0 Å². The average Bonchev–Trinajstić information content (AvgIpc) is 2.48. The molecule has 64 valence electrons. The number of aromatic amines is 1. The highest BCUT2D eigenvalue weighted by Crippen LogP contribution is 2.14. The molecule has 13 heavy (non-hydrogen) atoms. The van der Waals surface area contributed by atoms with Crippen LogP contribution in [0.25, 0.3) is 11.2 Å². The van der Waals surface area contributed by atoms with Gasteiger partial charge in [-0.2, -0.15) is 5.26 Å². The zero-order chi connectivity index (χ0) is 9.42. The lowest BCUT2D eigenvalue weighted by atomic mass is 10.3. The van der Waals surface area contributed by atoms with E-state index in [-0.39, 0.29) is 0 Å². The quantitative estimate of drug-likeness (QED) is 0.654. The molecule has 4 nitrogen and oxygen atoms in total. The molecule has 0 atom stereocenters. The molecule has 0 saturated heterocycles. The number of aromatic nitrogens is 3. The first-order valence-corrected chi connectivity index (χ1v) is 3.95.